The van der Waals surface area contributed by atoms with Crippen LogP contribution < -0.4 is 5.56 Å². The van der Waals surface area contributed by atoms with Crippen LogP contribution in [0.3, 0.4) is 0 Å². The Kier molecular flexibility index (Phi) is 11.4. The number of benzene rings is 2. The van der Waals surface area contributed by atoms with Crippen molar-refractivity contribution < 1.29 is 4.57 Å². The fourth-order valence-corrected chi connectivity index (χ4v) is 3.26. The topological polar surface area (TPSA) is 62.8 Å². The van der Waals surface area contributed by atoms with Gasteiger partial charge in [-0.15, -0.1) is 0 Å². The summed E-state index contributed by atoms with van der Waals surface area (Å²) in [4.78, 5) is 17.8. The van der Waals surface area contributed by atoms with E-state index in [9.17, 15) is 9.36 Å². The Bertz CT molecular complexity index is 1240. The normalized spacial score (nSPS) is 10.3. The van der Waals surface area contributed by atoms with Crippen LogP contribution in [0.1, 0.15) is 7.43 Å². The minimum absolute atomic E-state index is 0. The highest BCUT2D eigenvalue weighted by Crippen LogP contribution is 2.61. The van der Waals surface area contributed by atoms with Crippen LogP contribution in [0.25, 0.3) is 21.5 Å². The maximum Gasteiger partial charge on any atom is 0.339 e. The van der Waals surface area contributed by atoms with Crippen molar-refractivity contribution in [2.24, 2.45) is 0 Å². The highest BCUT2D eigenvalue weighted by molar-refractivity contribution is 9.10. The first-order valence-electron chi connectivity index (χ1n) is 7.70. The van der Waals surface area contributed by atoms with Gasteiger partial charge >= 0.3 is 5.20 Å². The summed E-state index contributed by atoms with van der Waals surface area (Å²) in [6.07, 6.45) is 3.36. The largest absolute Gasteiger partial charge is 0.339 e. The summed E-state index contributed by atoms with van der Waals surface area (Å²) >= 11 is 26.5. The van der Waals surface area contributed by atoms with Crippen molar-refractivity contribution in [3.05, 3.63) is 85.4 Å². The van der Waals surface area contributed by atoms with Crippen molar-refractivity contribution >= 4 is 104 Å². The van der Waals surface area contributed by atoms with Crippen molar-refractivity contribution in [3.8, 4) is 0 Å². The van der Waals surface area contributed by atoms with Gasteiger partial charge in [0.25, 0.3) is 5.56 Å². The summed E-state index contributed by atoms with van der Waals surface area (Å²) in [5.74, 6) is 0. The number of H-pyrrole nitrogens is 1. The molecular weight excluding hydrogens is 621 g/mol. The molecule has 0 atom stereocenters. The smallest absolute Gasteiger partial charge is 0.329 e. The predicted molar refractivity (Wildman–Crippen MR) is 139 cm³/mol. The van der Waals surface area contributed by atoms with Gasteiger partial charge < -0.3 is 4.98 Å². The fourth-order valence-electron chi connectivity index (χ4n) is 2.28. The average molecular weight is 636 g/mol. The van der Waals surface area contributed by atoms with E-state index in [4.69, 9.17) is 11.6 Å². The van der Waals surface area contributed by atoms with E-state index in [2.05, 4.69) is 75.6 Å². The number of nitrogens with one attached hydrogen (secondary N) is 1. The Morgan fingerprint density at radius 1 is 0.867 bits per heavy atom. The molecule has 1 N–H and O–H groups in total. The van der Waals surface area contributed by atoms with Crippen LogP contribution in [0.2, 0.25) is 5.15 Å². The second-order valence-electron chi connectivity index (χ2n) is 5.40. The standard InChI is InChI=1S/C9H5BrClN.C9H6BrNO.CH4.Cl3OP/c10-7-1-2-8-6(5-7)3-4-12-9(8)11;10-7-1-2-8-6(5-7)3-4-11-9(8)12;;1-5(2,3)4/h1-5H;1-5H,(H,11,12);1H4;. The van der Waals surface area contributed by atoms with E-state index < -0.39 is 5.20 Å². The molecule has 0 spiro atoms. The molecule has 0 fully saturated rings. The molecule has 0 unspecified atom stereocenters. The van der Waals surface area contributed by atoms with Gasteiger partial charge in [-0.2, -0.15) is 0 Å². The molecule has 4 aromatic rings. The lowest BCUT2D eigenvalue weighted by Crippen LogP contribution is -2.03. The predicted octanol–water partition coefficient (Wildman–Crippen LogP) is 9.39. The number of aromatic amines is 1. The van der Waals surface area contributed by atoms with Crippen LogP contribution >= 0.6 is 82.4 Å². The van der Waals surface area contributed by atoms with Gasteiger partial charge in [-0.25, -0.2) is 4.98 Å². The Hall–Kier alpha value is -0.590. The summed E-state index contributed by atoms with van der Waals surface area (Å²) < 4.78 is 11.6. The third-order valence-corrected chi connectivity index (χ3v) is 4.70. The maximum absolute atomic E-state index is 11.2. The lowest BCUT2D eigenvalue weighted by molar-refractivity contribution is 0.600. The summed E-state index contributed by atoms with van der Waals surface area (Å²) in [6.45, 7) is 0. The molecule has 2 aromatic heterocycles. The number of fused-ring (bicyclic) bond motifs is 2. The van der Waals surface area contributed by atoms with Crippen molar-refractivity contribution in [2.45, 2.75) is 7.43 Å². The van der Waals surface area contributed by atoms with E-state index in [1.54, 1.807) is 18.5 Å². The molecule has 30 heavy (non-hydrogen) atoms. The molecule has 0 aliphatic heterocycles. The summed E-state index contributed by atoms with van der Waals surface area (Å²) in [5, 5.41) is 1.10. The molecule has 0 radical (unpaired) electrons. The van der Waals surface area contributed by atoms with Crippen molar-refractivity contribution in [1.29, 1.82) is 0 Å². The summed E-state index contributed by atoms with van der Waals surface area (Å²) in [5.41, 5.74) is -0.0417. The van der Waals surface area contributed by atoms with Gasteiger partial charge in [-0.3, -0.25) is 9.36 Å². The van der Waals surface area contributed by atoms with Gasteiger partial charge in [0, 0.05) is 32.1 Å². The van der Waals surface area contributed by atoms with Crippen LogP contribution in [0, 0.1) is 0 Å². The number of halogens is 6. The first-order chi connectivity index (χ1) is 13.5. The molecule has 0 aliphatic rings. The van der Waals surface area contributed by atoms with Crippen LogP contribution in [0.15, 0.2) is 74.7 Å². The second-order valence-corrected chi connectivity index (χ2v) is 14.2. The quantitative estimate of drug-likeness (QED) is 0.155. The number of nitrogens with zero attached hydrogens (tertiary/aromatic N) is 1. The van der Waals surface area contributed by atoms with Gasteiger partial charge in [-0.1, -0.05) is 57.0 Å². The molecule has 0 saturated carbocycles. The number of hydrogen-bond acceptors (Lipinski definition) is 3. The molecule has 2 heterocycles. The summed E-state index contributed by atoms with van der Waals surface area (Å²) in [6, 6.07) is 15.3. The van der Waals surface area contributed by atoms with E-state index >= 15 is 0 Å². The molecular formula is C19H15Br2Cl4N2O2P. The summed E-state index contributed by atoms with van der Waals surface area (Å²) in [7, 11) is 0. The zero-order valence-corrected chi connectivity index (χ0v) is 21.3. The molecule has 160 valence electrons. The Morgan fingerprint density at radius 3 is 1.93 bits per heavy atom. The van der Waals surface area contributed by atoms with E-state index in [0.29, 0.717) is 5.15 Å². The minimum Gasteiger partial charge on any atom is -0.329 e. The van der Waals surface area contributed by atoms with Crippen LogP contribution in [-0.4, -0.2) is 9.97 Å². The molecule has 0 aliphatic carbocycles. The molecule has 0 bridgehead atoms. The van der Waals surface area contributed by atoms with Gasteiger partial charge in [-0.05, 0) is 87.0 Å². The Balaban J connectivity index is 0.000000241. The molecule has 0 saturated heterocycles. The van der Waals surface area contributed by atoms with Crippen molar-refractivity contribution in [1.82, 2.24) is 9.97 Å². The van der Waals surface area contributed by atoms with E-state index in [1.165, 1.54) is 0 Å². The van der Waals surface area contributed by atoms with Gasteiger partial charge in [0.2, 0.25) is 0 Å². The van der Waals surface area contributed by atoms with Crippen LogP contribution in [-0.2, 0) is 4.57 Å². The van der Waals surface area contributed by atoms with E-state index in [0.717, 1.165) is 30.5 Å². The van der Waals surface area contributed by atoms with Gasteiger partial charge in [0.05, 0.1) is 0 Å². The SMILES string of the molecule is C.Clc1nccc2cc(Br)ccc12.O=P(Cl)(Cl)Cl.O=c1[nH]ccc2cc(Br)ccc12. The molecule has 11 heteroatoms. The van der Waals surface area contributed by atoms with Crippen molar-refractivity contribution in [2.75, 3.05) is 0 Å². The van der Waals surface area contributed by atoms with Gasteiger partial charge in [0.1, 0.15) is 5.15 Å². The lowest BCUT2D eigenvalue weighted by atomic mass is 10.2. The van der Waals surface area contributed by atoms with Gasteiger partial charge in [0.15, 0.2) is 0 Å². The third-order valence-electron chi connectivity index (χ3n) is 3.41. The highest BCUT2D eigenvalue weighted by atomic mass is 79.9. The monoisotopic (exact) mass is 632 g/mol. The Morgan fingerprint density at radius 2 is 1.37 bits per heavy atom. The molecule has 2 aromatic carbocycles. The molecule has 4 nitrogen and oxygen atoms in total. The lowest BCUT2D eigenvalue weighted by Gasteiger charge is -1.98. The molecule has 0 amide bonds. The second kappa shape index (κ2) is 12.4. The first-order valence-corrected chi connectivity index (χ1v) is 14.1. The number of pyridine rings is 2. The fraction of sp³-hybridized carbons (Fsp3) is 0.0526. The highest BCUT2D eigenvalue weighted by Gasteiger charge is 2.03. The number of rotatable bonds is 0. The first kappa shape index (κ1) is 27.4. The molecule has 4 rings (SSSR count). The maximum atomic E-state index is 11.2. The zero-order valence-electron chi connectivity index (χ0n) is 14.3. The van der Waals surface area contributed by atoms with Crippen LogP contribution in [0.4, 0.5) is 0 Å². The average Bonchev–Trinajstić information content (AvgIpc) is 2.61. The minimum atomic E-state index is -3.22. The van der Waals surface area contributed by atoms with Crippen LogP contribution in [0.5, 0.6) is 0 Å². The van der Waals surface area contributed by atoms with Crippen molar-refractivity contribution in [3.63, 3.8) is 0 Å². The number of hydrogen-bond donors (Lipinski definition) is 1. The Labute approximate surface area is 209 Å². The third kappa shape index (κ3) is 9.27. The number of aromatic nitrogens is 2. The van der Waals surface area contributed by atoms with E-state index in [-0.39, 0.29) is 13.0 Å². The zero-order chi connectivity index (χ0) is 21.6. The van der Waals surface area contributed by atoms with E-state index in [1.807, 2.05) is 42.5 Å².